The van der Waals surface area contributed by atoms with Gasteiger partial charge in [0.25, 0.3) is 0 Å². The van der Waals surface area contributed by atoms with Gasteiger partial charge in [0, 0.05) is 31.7 Å². The van der Waals surface area contributed by atoms with Gasteiger partial charge < -0.3 is 5.32 Å². The van der Waals surface area contributed by atoms with E-state index in [1.54, 1.807) is 0 Å². The molecule has 0 spiro atoms. The number of nitrogens with one attached hydrogen (secondary N) is 1. The number of hydrogen-bond acceptors (Lipinski definition) is 2. The predicted octanol–water partition coefficient (Wildman–Crippen LogP) is 1.91. The van der Waals surface area contributed by atoms with E-state index in [1.807, 2.05) is 0 Å². The van der Waals surface area contributed by atoms with Crippen molar-refractivity contribution in [2.24, 2.45) is 0 Å². The lowest BCUT2D eigenvalue weighted by molar-refractivity contribution is 0.175. The van der Waals surface area contributed by atoms with Crippen molar-refractivity contribution < 1.29 is 0 Å². The minimum Gasteiger partial charge on any atom is -0.309 e. The third-order valence-corrected chi connectivity index (χ3v) is 3.19. The normalized spacial score (nSPS) is 26.9. The Morgan fingerprint density at radius 3 is 2.38 bits per heavy atom. The molecule has 16 heavy (non-hydrogen) atoms. The Bertz CT molecular complexity index is 300. The Kier molecular flexibility index (Phi) is 3.97. The highest BCUT2D eigenvalue weighted by Crippen LogP contribution is 2.06. The summed E-state index contributed by atoms with van der Waals surface area (Å²) in [5, 5.41) is 3.57. The largest absolute Gasteiger partial charge is 0.309 e. The molecule has 2 atom stereocenters. The molecule has 88 valence electrons. The van der Waals surface area contributed by atoms with Gasteiger partial charge in [-0.3, -0.25) is 4.90 Å². The summed E-state index contributed by atoms with van der Waals surface area (Å²) in [6, 6.07) is 12.0. The number of piperazine rings is 1. The van der Waals surface area contributed by atoms with Crippen LogP contribution in [0.3, 0.4) is 0 Å². The zero-order chi connectivity index (χ0) is 11.4. The molecule has 1 aliphatic rings. The second-order valence-electron chi connectivity index (χ2n) is 4.96. The second-order valence-corrected chi connectivity index (χ2v) is 4.96. The first-order valence-corrected chi connectivity index (χ1v) is 6.26. The first kappa shape index (κ1) is 11.6. The number of nitrogens with zero attached hydrogens (tertiary/aromatic N) is 1. The Hall–Kier alpha value is -0.860. The van der Waals surface area contributed by atoms with Crippen molar-refractivity contribution in [3.8, 4) is 0 Å². The molecule has 1 aliphatic heterocycles. The summed E-state index contributed by atoms with van der Waals surface area (Å²) >= 11 is 0. The third-order valence-electron chi connectivity index (χ3n) is 3.19. The van der Waals surface area contributed by atoms with Crippen LogP contribution in [0.2, 0.25) is 0 Å². The molecule has 1 N–H and O–H groups in total. The van der Waals surface area contributed by atoms with Gasteiger partial charge in [0.1, 0.15) is 0 Å². The lowest BCUT2D eigenvalue weighted by Crippen LogP contribution is -2.54. The van der Waals surface area contributed by atoms with Gasteiger partial charge in [-0.25, -0.2) is 0 Å². The minimum absolute atomic E-state index is 0.625. The van der Waals surface area contributed by atoms with Crippen LogP contribution in [-0.4, -0.2) is 36.6 Å². The predicted molar refractivity (Wildman–Crippen MR) is 68.6 cm³/mol. The van der Waals surface area contributed by atoms with Crippen LogP contribution >= 0.6 is 0 Å². The van der Waals surface area contributed by atoms with Gasteiger partial charge in [0.2, 0.25) is 0 Å². The van der Waals surface area contributed by atoms with Crippen molar-refractivity contribution in [3.63, 3.8) is 0 Å². The summed E-state index contributed by atoms with van der Waals surface area (Å²) in [5.41, 5.74) is 1.45. The maximum absolute atomic E-state index is 3.57. The van der Waals surface area contributed by atoms with Crippen molar-refractivity contribution >= 4 is 0 Å². The van der Waals surface area contributed by atoms with E-state index in [1.165, 1.54) is 31.6 Å². The molecule has 1 saturated heterocycles. The highest BCUT2D eigenvalue weighted by Gasteiger charge is 2.19. The van der Waals surface area contributed by atoms with Crippen molar-refractivity contribution in [2.75, 3.05) is 19.6 Å². The first-order valence-electron chi connectivity index (χ1n) is 6.26. The lowest BCUT2D eigenvalue weighted by Gasteiger charge is -2.36. The summed E-state index contributed by atoms with van der Waals surface area (Å²) in [4.78, 5) is 2.57. The van der Waals surface area contributed by atoms with Crippen LogP contribution in [0.5, 0.6) is 0 Å². The summed E-state index contributed by atoms with van der Waals surface area (Å²) in [5.74, 6) is 0. The Morgan fingerprint density at radius 1 is 1.12 bits per heavy atom. The molecular weight excluding hydrogens is 196 g/mol. The summed E-state index contributed by atoms with van der Waals surface area (Å²) in [7, 11) is 0. The van der Waals surface area contributed by atoms with Gasteiger partial charge in [0.05, 0.1) is 0 Å². The molecule has 0 aliphatic carbocycles. The first-order chi connectivity index (χ1) is 7.74. The van der Waals surface area contributed by atoms with Crippen molar-refractivity contribution in [3.05, 3.63) is 35.9 Å². The number of rotatable bonds is 3. The molecular formula is C14H22N2. The molecule has 0 saturated carbocycles. The van der Waals surface area contributed by atoms with Crippen LogP contribution < -0.4 is 5.32 Å². The third kappa shape index (κ3) is 3.32. The van der Waals surface area contributed by atoms with E-state index in [0.717, 1.165) is 0 Å². The summed E-state index contributed by atoms with van der Waals surface area (Å²) < 4.78 is 0. The fraction of sp³-hybridized carbons (Fsp3) is 0.571. The van der Waals surface area contributed by atoms with E-state index >= 15 is 0 Å². The highest BCUT2D eigenvalue weighted by atomic mass is 15.2. The van der Waals surface area contributed by atoms with E-state index in [0.29, 0.717) is 12.1 Å². The van der Waals surface area contributed by atoms with Crippen LogP contribution in [0.4, 0.5) is 0 Å². The Labute approximate surface area is 98.7 Å². The smallest absolute Gasteiger partial charge is 0.0169 e. The highest BCUT2D eigenvalue weighted by molar-refractivity contribution is 5.14. The Balaban J connectivity index is 1.81. The number of hydrogen-bond donors (Lipinski definition) is 1. The van der Waals surface area contributed by atoms with E-state index in [9.17, 15) is 0 Å². The van der Waals surface area contributed by atoms with E-state index < -0.39 is 0 Å². The zero-order valence-electron chi connectivity index (χ0n) is 10.3. The quantitative estimate of drug-likeness (QED) is 0.834. The maximum Gasteiger partial charge on any atom is 0.0169 e. The van der Waals surface area contributed by atoms with Gasteiger partial charge in [0.15, 0.2) is 0 Å². The summed E-state index contributed by atoms with van der Waals surface area (Å²) in [6.07, 6.45) is 1.17. The number of benzene rings is 1. The molecule has 1 fully saturated rings. The monoisotopic (exact) mass is 218 g/mol. The zero-order valence-corrected chi connectivity index (χ0v) is 10.3. The lowest BCUT2D eigenvalue weighted by atomic mass is 10.1. The standard InChI is InChI=1S/C14H22N2/c1-12-10-16(11-13(2)15-12)9-8-14-6-4-3-5-7-14/h3-7,12-13,15H,8-11H2,1-2H3. The van der Waals surface area contributed by atoms with Gasteiger partial charge in [-0.2, -0.15) is 0 Å². The van der Waals surface area contributed by atoms with Gasteiger partial charge >= 0.3 is 0 Å². The topological polar surface area (TPSA) is 15.3 Å². The fourth-order valence-electron chi connectivity index (χ4n) is 2.55. The van der Waals surface area contributed by atoms with Crippen molar-refractivity contribution in [1.29, 1.82) is 0 Å². The SMILES string of the molecule is CC1CN(CCc2ccccc2)CC(C)N1. The van der Waals surface area contributed by atoms with Crippen molar-refractivity contribution in [1.82, 2.24) is 10.2 Å². The molecule has 2 heteroatoms. The molecule has 2 unspecified atom stereocenters. The molecule has 2 rings (SSSR count). The van der Waals surface area contributed by atoms with E-state index in [2.05, 4.69) is 54.4 Å². The van der Waals surface area contributed by atoms with Gasteiger partial charge in [-0.05, 0) is 25.8 Å². The molecule has 0 aromatic heterocycles. The average Bonchev–Trinajstić information content (AvgIpc) is 2.27. The van der Waals surface area contributed by atoms with Crippen LogP contribution in [0.25, 0.3) is 0 Å². The Morgan fingerprint density at radius 2 is 1.75 bits per heavy atom. The summed E-state index contributed by atoms with van der Waals surface area (Å²) in [6.45, 7) is 8.07. The van der Waals surface area contributed by atoms with Crippen LogP contribution in [-0.2, 0) is 6.42 Å². The van der Waals surface area contributed by atoms with Gasteiger partial charge in [-0.1, -0.05) is 30.3 Å². The minimum atomic E-state index is 0.625. The van der Waals surface area contributed by atoms with Crippen LogP contribution in [0.1, 0.15) is 19.4 Å². The van der Waals surface area contributed by atoms with Crippen LogP contribution in [0, 0.1) is 0 Å². The molecule has 0 bridgehead atoms. The molecule has 0 amide bonds. The average molecular weight is 218 g/mol. The van der Waals surface area contributed by atoms with Gasteiger partial charge in [-0.15, -0.1) is 0 Å². The second kappa shape index (κ2) is 5.46. The molecule has 2 nitrogen and oxygen atoms in total. The molecule has 0 radical (unpaired) electrons. The maximum atomic E-state index is 3.57. The van der Waals surface area contributed by atoms with Crippen LogP contribution in [0.15, 0.2) is 30.3 Å². The van der Waals surface area contributed by atoms with Crippen molar-refractivity contribution in [2.45, 2.75) is 32.4 Å². The molecule has 1 aromatic rings. The fourth-order valence-corrected chi connectivity index (χ4v) is 2.55. The molecule has 1 aromatic carbocycles. The van der Waals surface area contributed by atoms with E-state index in [4.69, 9.17) is 0 Å². The molecule has 1 heterocycles. The van der Waals surface area contributed by atoms with E-state index in [-0.39, 0.29) is 0 Å².